The van der Waals surface area contributed by atoms with Crippen LogP contribution in [0, 0.1) is 5.92 Å². The molecule has 1 N–H and O–H groups in total. The summed E-state index contributed by atoms with van der Waals surface area (Å²) in [6.45, 7) is 3.05. The number of alkyl halides is 3. The highest BCUT2D eigenvalue weighted by molar-refractivity contribution is 5.86. The lowest BCUT2D eigenvalue weighted by molar-refractivity contribution is -0.144. The van der Waals surface area contributed by atoms with Crippen molar-refractivity contribution in [3.63, 3.8) is 0 Å². The normalized spacial score (nSPS) is 14.5. The lowest BCUT2D eigenvalue weighted by Gasteiger charge is -2.31. The second-order valence-electron chi connectivity index (χ2n) is 10.2. The van der Waals surface area contributed by atoms with Crippen LogP contribution in [0.4, 0.5) is 13.2 Å². The molecule has 2 aromatic carbocycles. The minimum Gasteiger partial charge on any atom is -0.361 e. The monoisotopic (exact) mass is 527 g/mol. The smallest absolute Gasteiger partial charge is 0.361 e. The average molecular weight is 528 g/mol. The maximum atomic E-state index is 13.6. The van der Waals surface area contributed by atoms with Crippen molar-refractivity contribution in [2.24, 2.45) is 5.92 Å². The van der Waals surface area contributed by atoms with E-state index in [-0.39, 0.29) is 30.8 Å². The molecule has 0 spiro atoms. The molecule has 0 atom stereocenters. The molecule has 5 nitrogen and oxygen atoms in total. The number of halogens is 3. The lowest BCUT2D eigenvalue weighted by atomic mass is 9.88. The first kappa shape index (κ1) is 27.7. The highest BCUT2D eigenvalue weighted by atomic mass is 19.4. The largest absolute Gasteiger partial charge is 0.416 e. The molecule has 0 unspecified atom stereocenters. The van der Waals surface area contributed by atoms with Gasteiger partial charge >= 0.3 is 6.18 Å². The Morgan fingerprint density at radius 2 is 1.66 bits per heavy atom. The van der Waals surface area contributed by atoms with E-state index in [0.29, 0.717) is 25.1 Å². The van der Waals surface area contributed by atoms with Crippen LogP contribution in [0.1, 0.15) is 62.1 Å². The van der Waals surface area contributed by atoms with Crippen LogP contribution in [0.3, 0.4) is 0 Å². The van der Waals surface area contributed by atoms with Crippen molar-refractivity contribution in [3.8, 4) is 0 Å². The van der Waals surface area contributed by atoms with E-state index < -0.39 is 11.7 Å². The quantitative estimate of drug-likeness (QED) is 0.324. The van der Waals surface area contributed by atoms with Gasteiger partial charge in [-0.2, -0.15) is 13.2 Å². The van der Waals surface area contributed by atoms with Gasteiger partial charge in [-0.25, -0.2) is 0 Å². The molecule has 0 saturated heterocycles. The van der Waals surface area contributed by atoms with Crippen LogP contribution >= 0.6 is 0 Å². The number of amides is 2. The van der Waals surface area contributed by atoms with Crippen molar-refractivity contribution in [2.75, 3.05) is 19.6 Å². The number of hydrogen-bond acceptors (Lipinski definition) is 2. The van der Waals surface area contributed by atoms with Gasteiger partial charge in [-0.3, -0.25) is 9.59 Å². The van der Waals surface area contributed by atoms with E-state index in [2.05, 4.69) is 4.98 Å². The van der Waals surface area contributed by atoms with Crippen LogP contribution in [-0.2, 0) is 28.7 Å². The van der Waals surface area contributed by atoms with Crippen molar-refractivity contribution in [3.05, 3.63) is 71.4 Å². The molecule has 2 amide bonds. The molecule has 4 rings (SSSR count). The molecule has 38 heavy (non-hydrogen) atoms. The summed E-state index contributed by atoms with van der Waals surface area (Å²) in [5.41, 5.74) is 1.97. The van der Waals surface area contributed by atoms with Crippen LogP contribution < -0.4 is 0 Å². The predicted octanol–water partition coefficient (Wildman–Crippen LogP) is 6.58. The average Bonchev–Trinajstić information content (AvgIpc) is 3.33. The number of hydrogen-bond donors (Lipinski definition) is 1. The van der Waals surface area contributed by atoms with Gasteiger partial charge in [-0.1, -0.05) is 56.5 Å². The Kier molecular flexibility index (Phi) is 9.13. The Morgan fingerprint density at radius 1 is 0.947 bits per heavy atom. The summed E-state index contributed by atoms with van der Waals surface area (Å²) in [7, 11) is 0. The number of nitrogens with one attached hydrogen (secondary N) is 1. The first-order valence-corrected chi connectivity index (χ1v) is 13.5. The minimum absolute atomic E-state index is 0.0162. The van der Waals surface area contributed by atoms with Gasteiger partial charge in [0.05, 0.1) is 12.1 Å². The summed E-state index contributed by atoms with van der Waals surface area (Å²) in [5.74, 6) is -0.175. The number of fused-ring (bicyclic) bond motifs is 1. The number of carbonyl (C=O) groups is 2. The van der Waals surface area contributed by atoms with Crippen LogP contribution in [0.25, 0.3) is 10.9 Å². The highest BCUT2D eigenvalue weighted by Gasteiger charge is 2.31. The van der Waals surface area contributed by atoms with Gasteiger partial charge in [0, 0.05) is 42.7 Å². The number of H-pyrrole nitrogens is 1. The predicted molar refractivity (Wildman–Crippen MR) is 142 cm³/mol. The fourth-order valence-corrected chi connectivity index (χ4v) is 5.31. The molecule has 1 aromatic heterocycles. The molecule has 1 aliphatic rings. The number of para-hydroxylation sites is 1. The first-order chi connectivity index (χ1) is 18.3. The molecule has 1 aliphatic carbocycles. The summed E-state index contributed by atoms with van der Waals surface area (Å²) >= 11 is 0. The molecule has 0 bridgehead atoms. The SMILES string of the molecule is CCCN(CC(=O)N(CCc1c[nH]c2ccccc12)Cc1ccc(C(F)(F)F)cc1)C(=O)C1CCCCC1. The molecule has 1 saturated carbocycles. The van der Waals surface area contributed by atoms with Gasteiger partial charge in [0.1, 0.15) is 0 Å². The Morgan fingerprint density at radius 3 is 2.34 bits per heavy atom. The Labute approximate surface area is 222 Å². The highest BCUT2D eigenvalue weighted by Crippen LogP contribution is 2.29. The first-order valence-electron chi connectivity index (χ1n) is 13.5. The zero-order valence-electron chi connectivity index (χ0n) is 21.9. The van der Waals surface area contributed by atoms with Crippen LogP contribution in [0.5, 0.6) is 0 Å². The zero-order chi connectivity index (χ0) is 27.1. The molecule has 0 radical (unpaired) electrons. The third-order valence-electron chi connectivity index (χ3n) is 7.42. The third kappa shape index (κ3) is 6.97. The lowest BCUT2D eigenvalue weighted by Crippen LogP contribution is -2.45. The third-order valence-corrected chi connectivity index (χ3v) is 7.42. The zero-order valence-corrected chi connectivity index (χ0v) is 21.9. The molecular weight excluding hydrogens is 491 g/mol. The van der Waals surface area contributed by atoms with E-state index in [1.165, 1.54) is 12.1 Å². The number of aromatic amines is 1. The summed E-state index contributed by atoms with van der Waals surface area (Å²) in [4.78, 5) is 33.5. The van der Waals surface area contributed by atoms with Gasteiger partial charge in [-0.15, -0.1) is 0 Å². The summed E-state index contributed by atoms with van der Waals surface area (Å²) in [6.07, 6.45) is 3.80. The van der Waals surface area contributed by atoms with Crippen LogP contribution in [0.15, 0.2) is 54.7 Å². The van der Waals surface area contributed by atoms with E-state index >= 15 is 0 Å². The molecule has 1 heterocycles. The van der Waals surface area contributed by atoms with Crippen LogP contribution in [-0.4, -0.2) is 46.2 Å². The number of nitrogens with zero attached hydrogens (tertiary/aromatic N) is 2. The van der Waals surface area contributed by atoms with Crippen molar-refractivity contribution < 1.29 is 22.8 Å². The fourth-order valence-electron chi connectivity index (χ4n) is 5.31. The summed E-state index contributed by atoms with van der Waals surface area (Å²) < 4.78 is 39.2. The number of aromatic nitrogens is 1. The minimum atomic E-state index is -4.41. The Hall–Kier alpha value is -3.29. The number of carbonyl (C=O) groups excluding carboxylic acids is 2. The van der Waals surface area contributed by atoms with Crippen molar-refractivity contribution in [1.29, 1.82) is 0 Å². The maximum Gasteiger partial charge on any atom is 0.416 e. The topological polar surface area (TPSA) is 56.4 Å². The Bertz CT molecular complexity index is 1210. The van der Waals surface area contributed by atoms with Crippen molar-refractivity contribution in [2.45, 2.75) is 64.6 Å². The van der Waals surface area contributed by atoms with E-state index in [9.17, 15) is 22.8 Å². The second-order valence-corrected chi connectivity index (χ2v) is 10.2. The van der Waals surface area contributed by atoms with E-state index in [1.807, 2.05) is 37.4 Å². The van der Waals surface area contributed by atoms with Gasteiger partial charge in [0.25, 0.3) is 0 Å². The van der Waals surface area contributed by atoms with Crippen LogP contribution in [0.2, 0.25) is 0 Å². The standard InChI is InChI=1S/C30H36F3N3O2/c1-2-17-36(29(38)23-8-4-3-5-9-23)21-28(37)35(20-22-12-14-25(15-13-22)30(31,32)33)18-16-24-19-34-27-11-7-6-10-26(24)27/h6-7,10-15,19,23,34H,2-5,8-9,16-18,20-21H2,1H3. The van der Waals surface area contributed by atoms with E-state index in [0.717, 1.165) is 67.1 Å². The molecule has 0 aliphatic heterocycles. The molecule has 1 fully saturated rings. The van der Waals surface area contributed by atoms with Crippen molar-refractivity contribution >= 4 is 22.7 Å². The van der Waals surface area contributed by atoms with Gasteiger partial charge < -0.3 is 14.8 Å². The fraction of sp³-hybridized carbons (Fsp3) is 0.467. The molecule has 8 heteroatoms. The number of rotatable bonds is 10. The number of benzene rings is 2. The summed E-state index contributed by atoms with van der Waals surface area (Å²) in [6, 6.07) is 12.9. The summed E-state index contributed by atoms with van der Waals surface area (Å²) in [5, 5.41) is 1.08. The molecular formula is C30H36F3N3O2. The molecule has 3 aromatic rings. The molecule has 204 valence electrons. The van der Waals surface area contributed by atoms with E-state index in [4.69, 9.17) is 0 Å². The second kappa shape index (κ2) is 12.5. The van der Waals surface area contributed by atoms with Gasteiger partial charge in [-0.05, 0) is 55.0 Å². The maximum absolute atomic E-state index is 13.6. The van der Waals surface area contributed by atoms with E-state index in [1.54, 1.807) is 9.80 Å². The van der Waals surface area contributed by atoms with Gasteiger partial charge in [0.2, 0.25) is 11.8 Å². The van der Waals surface area contributed by atoms with Crippen molar-refractivity contribution in [1.82, 2.24) is 14.8 Å². The Balaban J connectivity index is 1.51. The van der Waals surface area contributed by atoms with Gasteiger partial charge in [0.15, 0.2) is 0 Å².